The van der Waals surface area contributed by atoms with Crippen LogP contribution in [-0.2, 0) is 15.6 Å². The van der Waals surface area contributed by atoms with Crippen molar-refractivity contribution in [2.45, 2.75) is 57.2 Å². The minimum absolute atomic E-state index is 0.165. The first-order valence-electron chi connectivity index (χ1n) is 7.53. The maximum absolute atomic E-state index is 11.8. The summed E-state index contributed by atoms with van der Waals surface area (Å²) < 4.78 is 11.5. The molecule has 116 valence electrons. The van der Waals surface area contributed by atoms with E-state index in [-0.39, 0.29) is 6.04 Å². The van der Waals surface area contributed by atoms with Crippen molar-refractivity contribution in [3.63, 3.8) is 0 Å². The van der Waals surface area contributed by atoms with Crippen molar-refractivity contribution in [3.05, 3.63) is 0 Å². The summed E-state index contributed by atoms with van der Waals surface area (Å²) >= 11 is 0. The van der Waals surface area contributed by atoms with E-state index in [1.165, 1.54) is 0 Å². The second-order valence-corrected chi connectivity index (χ2v) is 8.02. The van der Waals surface area contributed by atoms with Crippen LogP contribution in [-0.4, -0.2) is 62.4 Å². The zero-order chi connectivity index (χ0) is 14.8. The molecule has 2 fully saturated rings. The zero-order valence-electron chi connectivity index (χ0n) is 12.4. The van der Waals surface area contributed by atoms with Crippen molar-refractivity contribution in [3.8, 4) is 0 Å². The summed E-state index contributed by atoms with van der Waals surface area (Å²) in [4.78, 5) is 14.1. The number of carbonyl (C=O) groups is 1. The zero-order valence-corrected chi connectivity index (χ0v) is 13.2. The summed E-state index contributed by atoms with van der Waals surface area (Å²) in [5.41, 5.74) is -0.784. The Kier molecular flexibility index (Phi) is 5.20. The first-order valence-corrected chi connectivity index (χ1v) is 9.02. The lowest BCUT2D eigenvalue weighted by Gasteiger charge is -2.44. The number of carboxylic acid groups (broad SMARTS) is 1. The number of rotatable bonds is 4. The molecule has 1 aliphatic carbocycles. The third-order valence-corrected chi connectivity index (χ3v) is 5.70. The highest BCUT2D eigenvalue weighted by atomic mass is 32.2. The number of nitrogens with zero attached hydrogens (tertiary/aromatic N) is 1. The molecule has 0 amide bonds. The van der Waals surface area contributed by atoms with Crippen LogP contribution in [0.3, 0.4) is 0 Å². The first kappa shape index (κ1) is 15.9. The van der Waals surface area contributed by atoms with Crippen LogP contribution in [0.25, 0.3) is 0 Å². The summed E-state index contributed by atoms with van der Waals surface area (Å²) in [6.07, 6.45) is 3.36. The Hall–Kier alpha value is -0.460. The Morgan fingerprint density at radius 3 is 2.60 bits per heavy atom. The summed E-state index contributed by atoms with van der Waals surface area (Å²) in [6, 6.07) is 0.474. The van der Waals surface area contributed by atoms with Crippen LogP contribution in [0.15, 0.2) is 0 Å². The molecule has 0 bridgehead atoms. The van der Waals surface area contributed by atoms with E-state index in [2.05, 4.69) is 10.2 Å². The van der Waals surface area contributed by atoms with Gasteiger partial charge in [0.2, 0.25) is 0 Å². The third kappa shape index (κ3) is 3.59. The van der Waals surface area contributed by atoms with E-state index in [9.17, 15) is 14.1 Å². The fourth-order valence-electron chi connectivity index (χ4n) is 3.51. The minimum Gasteiger partial charge on any atom is -0.480 e. The topological polar surface area (TPSA) is 69.6 Å². The molecule has 6 heteroatoms. The van der Waals surface area contributed by atoms with Crippen LogP contribution >= 0.6 is 0 Å². The largest absolute Gasteiger partial charge is 0.480 e. The second-order valence-electron chi connectivity index (χ2n) is 6.32. The van der Waals surface area contributed by atoms with E-state index in [1.54, 1.807) is 0 Å². The molecule has 0 aromatic carbocycles. The Balaban J connectivity index is 2.05. The third-order valence-electron chi connectivity index (χ3n) is 4.43. The predicted octanol–water partition coefficient (Wildman–Crippen LogP) is 0.815. The van der Waals surface area contributed by atoms with Gasteiger partial charge in [-0.05, 0) is 39.5 Å². The summed E-state index contributed by atoms with van der Waals surface area (Å²) in [5, 5.41) is 13.0. The Morgan fingerprint density at radius 1 is 1.40 bits per heavy atom. The Morgan fingerprint density at radius 2 is 2.05 bits per heavy atom. The lowest BCUT2D eigenvalue weighted by atomic mass is 9.78. The average Bonchev–Trinajstić information content (AvgIpc) is 2.39. The number of hydrogen-bond donors (Lipinski definition) is 2. The van der Waals surface area contributed by atoms with Gasteiger partial charge in [-0.15, -0.1) is 0 Å². The molecule has 1 saturated heterocycles. The molecule has 1 aliphatic heterocycles. The molecule has 0 aromatic heterocycles. The van der Waals surface area contributed by atoms with Crippen molar-refractivity contribution >= 4 is 16.8 Å². The number of carboxylic acids is 1. The number of aliphatic carboxylic acids is 1. The molecule has 0 aromatic rings. The molecule has 0 radical (unpaired) electrons. The van der Waals surface area contributed by atoms with Crippen LogP contribution in [0, 0.1) is 0 Å². The molecule has 2 atom stereocenters. The van der Waals surface area contributed by atoms with E-state index in [1.807, 2.05) is 13.8 Å². The Labute approximate surface area is 123 Å². The highest BCUT2D eigenvalue weighted by Crippen LogP contribution is 2.32. The predicted molar refractivity (Wildman–Crippen MR) is 80.3 cm³/mol. The molecule has 5 nitrogen and oxygen atoms in total. The molecule has 2 unspecified atom stereocenters. The standard InChI is InChI=1S/C14H26N2O3S/c1-11(2)15-14(13(17)18)5-3-4-12(10-14)16-6-8-20(19)9-7-16/h11-12,15H,3-10H2,1-2H3,(H,17,18). The van der Waals surface area contributed by atoms with E-state index in [0.717, 1.165) is 37.4 Å². The van der Waals surface area contributed by atoms with Crippen LogP contribution < -0.4 is 5.32 Å². The van der Waals surface area contributed by atoms with Gasteiger partial charge in [-0.3, -0.25) is 19.2 Å². The van der Waals surface area contributed by atoms with Gasteiger partial charge in [-0.25, -0.2) is 0 Å². The SMILES string of the molecule is CC(C)NC1(C(=O)O)CCCC(N2CCS(=O)CC2)C1. The molecular formula is C14H26N2O3S. The van der Waals surface area contributed by atoms with Gasteiger partial charge in [-0.1, -0.05) is 0 Å². The fourth-order valence-corrected chi connectivity index (χ4v) is 4.59. The molecule has 20 heavy (non-hydrogen) atoms. The van der Waals surface area contributed by atoms with Crippen LogP contribution in [0.4, 0.5) is 0 Å². The van der Waals surface area contributed by atoms with Gasteiger partial charge in [0.25, 0.3) is 0 Å². The minimum atomic E-state index is -0.784. The maximum Gasteiger partial charge on any atom is 0.323 e. The van der Waals surface area contributed by atoms with Gasteiger partial charge < -0.3 is 5.11 Å². The molecule has 0 spiro atoms. The Bertz CT molecular complexity index is 379. The van der Waals surface area contributed by atoms with Crippen molar-refractivity contribution in [2.24, 2.45) is 0 Å². The maximum atomic E-state index is 11.8. The van der Waals surface area contributed by atoms with E-state index >= 15 is 0 Å². The van der Waals surface area contributed by atoms with Gasteiger partial charge >= 0.3 is 5.97 Å². The molecule has 2 aliphatic rings. The van der Waals surface area contributed by atoms with Crippen molar-refractivity contribution < 1.29 is 14.1 Å². The van der Waals surface area contributed by atoms with Gasteiger partial charge in [0.1, 0.15) is 5.54 Å². The monoisotopic (exact) mass is 302 g/mol. The van der Waals surface area contributed by atoms with Crippen molar-refractivity contribution in [1.29, 1.82) is 0 Å². The summed E-state index contributed by atoms with van der Waals surface area (Å²) in [7, 11) is -0.676. The summed E-state index contributed by atoms with van der Waals surface area (Å²) in [6.45, 7) is 5.68. The van der Waals surface area contributed by atoms with Gasteiger partial charge in [0.05, 0.1) is 0 Å². The second kappa shape index (κ2) is 6.54. The molecule has 2 rings (SSSR count). The van der Waals surface area contributed by atoms with Crippen molar-refractivity contribution in [1.82, 2.24) is 10.2 Å². The smallest absolute Gasteiger partial charge is 0.323 e. The molecule has 1 saturated carbocycles. The van der Waals surface area contributed by atoms with Gasteiger partial charge in [-0.2, -0.15) is 0 Å². The average molecular weight is 302 g/mol. The van der Waals surface area contributed by atoms with Gasteiger partial charge in [0.15, 0.2) is 0 Å². The van der Waals surface area contributed by atoms with E-state index in [0.29, 0.717) is 18.9 Å². The summed E-state index contributed by atoms with van der Waals surface area (Å²) in [5.74, 6) is 0.735. The quantitative estimate of drug-likeness (QED) is 0.804. The van der Waals surface area contributed by atoms with Crippen LogP contribution in [0.2, 0.25) is 0 Å². The normalized spacial score (nSPS) is 33.5. The van der Waals surface area contributed by atoms with Crippen LogP contribution in [0.5, 0.6) is 0 Å². The first-order chi connectivity index (χ1) is 9.43. The molecule has 1 heterocycles. The van der Waals surface area contributed by atoms with E-state index in [4.69, 9.17) is 0 Å². The highest BCUT2D eigenvalue weighted by Gasteiger charge is 2.44. The molecular weight excluding hydrogens is 276 g/mol. The van der Waals surface area contributed by atoms with Crippen molar-refractivity contribution in [2.75, 3.05) is 24.6 Å². The fraction of sp³-hybridized carbons (Fsp3) is 0.929. The van der Waals surface area contributed by atoms with Gasteiger partial charge in [0, 0.05) is 47.5 Å². The number of hydrogen-bond acceptors (Lipinski definition) is 4. The van der Waals surface area contributed by atoms with E-state index < -0.39 is 22.3 Å². The van der Waals surface area contributed by atoms with Crippen LogP contribution in [0.1, 0.15) is 39.5 Å². The highest BCUT2D eigenvalue weighted by molar-refractivity contribution is 7.85. The number of nitrogens with one attached hydrogen (secondary N) is 1. The lowest BCUT2D eigenvalue weighted by molar-refractivity contribution is -0.148. The molecule has 2 N–H and O–H groups in total. The lowest BCUT2D eigenvalue weighted by Crippen LogP contribution is -2.60.